The lowest BCUT2D eigenvalue weighted by Crippen LogP contribution is -2.42. The largest absolute Gasteiger partial charge is 0.385 e. The number of methoxy groups -OCH3 is 1. The highest BCUT2D eigenvalue weighted by atomic mass is 16.5. The lowest BCUT2D eigenvalue weighted by Gasteiger charge is -2.31. The Labute approximate surface area is 143 Å². The first-order chi connectivity index (χ1) is 11.1. The molecule has 0 aliphatic heterocycles. The highest BCUT2D eigenvalue weighted by Crippen LogP contribution is 2.49. The van der Waals surface area contributed by atoms with E-state index in [1.807, 2.05) is 0 Å². The Morgan fingerprint density at radius 2 is 1.96 bits per heavy atom. The SMILES string of the molecule is CCNC(=NCC1(CCOC)CC1)N(C)CC1CCC(C)CC1. The third-order valence-corrected chi connectivity index (χ3v) is 5.72. The van der Waals surface area contributed by atoms with Gasteiger partial charge in [0.05, 0.1) is 0 Å². The van der Waals surface area contributed by atoms with E-state index in [4.69, 9.17) is 9.73 Å². The third kappa shape index (κ3) is 5.98. The van der Waals surface area contributed by atoms with Crippen molar-refractivity contribution in [3.05, 3.63) is 0 Å². The van der Waals surface area contributed by atoms with Crippen LogP contribution in [0.1, 0.15) is 58.8 Å². The van der Waals surface area contributed by atoms with E-state index in [-0.39, 0.29) is 0 Å². The minimum atomic E-state index is 0.428. The summed E-state index contributed by atoms with van der Waals surface area (Å²) in [7, 11) is 4.00. The maximum absolute atomic E-state index is 5.25. The van der Waals surface area contributed by atoms with Gasteiger partial charge in [0.2, 0.25) is 0 Å². The molecule has 2 fully saturated rings. The lowest BCUT2D eigenvalue weighted by atomic mass is 9.83. The number of guanidine groups is 1. The summed E-state index contributed by atoms with van der Waals surface area (Å²) in [5.74, 6) is 2.85. The first kappa shape index (κ1) is 18.6. The summed E-state index contributed by atoms with van der Waals surface area (Å²) < 4.78 is 5.25. The highest BCUT2D eigenvalue weighted by Gasteiger charge is 2.42. The van der Waals surface area contributed by atoms with Crippen molar-refractivity contribution in [3.8, 4) is 0 Å². The maximum atomic E-state index is 5.25. The number of ether oxygens (including phenoxy) is 1. The minimum Gasteiger partial charge on any atom is -0.385 e. The molecular weight excluding hydrogens is 286 g/mol. The van der Waals surface area contributed by atoms with E-state index in [1.165, 1.54) is 38.5 Å². The van der Waals surface area contributed by atoms with Crippen LogP contribution in [0.3, 0.4) is 0 Å². The van der Waals surface area contributed by atoms with Crippen LogP contribution >= 0.6 is 0 Å². The van der Waals surface area contributed by atoms with Gasteiger partial charge in [0.25, 0.3) is 0 Å². The first-order valence-electron chi connectivity index (χ1n) is 9.57. The zero-order valence-electron chi connectivity index (χ0n) is 15.7. The monoisotopic (exact) mass is 323 g/mol. The number of nitrogens with zero attached hydrogens (tertiary/aromatic N) is 2. The van der Waals surface area contributed by atoms with Crippen molar-refractivity contribution in [2.75, 3.05) is 40.4 Å². The van der Waals surface area contributed by atoms with Crippen LogP contribution in [-0.4, -0.2) is 51.3 Å². The zero-order chi connectivity index (χ0) is 16.7. The molecule has 0 amide bonds. The molecule has 2 saturated carbocycles. The summed E-state index contributed by atoms with van der Waals surface area (Å²) in [6.07, 6.45) is 9.31. The molecule has 0 heterocycles. The van der Waals surface area contributed by atoms with Crippen molar-refractivity contribution >= 4 is 5.96 Å². The number of nitrogens with one attached hydrogen (secondary N) is 1. The minimum absolute atomic E-state index is 0.428. The van der Waals surface area contributed by atoms with Gasteiger partial charge in [-0.15, -0.1) is 0 Å². The van der Waals surface area contributed by atoms with E-state index < -0.39 is 0 Å². The third-order valence-electron chi connectivity index (χ3n) is 5.72. The van der Waals surface area contributed by atoms with Gasteiger partial charge in [0.15, 0.2) is 5.96 Å². The number of aliphatic imine (C=N–C) groups is 1. The van der Waals surface area contributed by atoms with Gasteiger partial charge in [-0.2, -0.15) is 0 Å². The molecule has 23 heavy (non-hydrogen) atoms. The van der Waals surface area contributed by atoms with Gasteiger partial charge >= 0.3 is 0 Å². The van der Waals surface area contributed by atoms with Crippen LogP contribution in [0.4, 0.5) is 0 Å². The maximum Gasteiger partial charge on any atom is 0.193 e. The highest BCUT2D eigenvalue weighted by molar-refractivity contribution is 5.79. The molecular formula is C19H37N3O. The van der Waals surface area contributed by atoms with E-state index in [0.29, 0.717) is 5.41 Å². The molecule has 2 rings (SSSR count). The molecule has 0 unspecified atom stereocenters. The van der Waals surface area contributed by atoms with Crippen molar-refractivity contribution in [1.29, 1.82) is 0 Å². The van der Waals surface area contributed by atoms with Crippen LogP contribution < -0.4 is 5.32 Å². The van der Waals surface area contributed by atoms with E-state index in [2.05, 4.69) is 31.1 Å². The molecule has 2 aliphatic carbocycles. The van der Waals surface area contributed by atoms with Gasteiger partial charge < -0.3 is 15.0 Å². The van der Waals surface area contributed by atoms with Crippen molar-refractivity contribution in [2.45, 2.75) is 58.8 Å². The number of rotatable bonds is 8. The average molecular weight is 324 g/mol. The summed E-state index contributed by atoms with van der Waals surface area (Å²) in [6.45, 7) is 8.44. The van der Waals surface area contributed by atoms with Crippen molar-refractivity contribution in [2.24, 2.45) is 22.2 Å². The van der Waals surface area contributed by atoms with Crippen molar-refractivity contribution < 1.29 is 4.74 Å². The molecule has 2 aliphatic rings. The van der Waals surface area contributed by atoms with Crippen LogP contribution in [0.2, 0.25) is 0 Å². The quantitative estimate of drug-likeness (QED) is 0.548. The standard InChI is InChI=1S/C19H37N3O/c1-5-20-18(21-15-19(10-11-19)12-13-23-4)22(3)14-17-8-6-16(2)7-9-17/h16-17H,5-15H2,1-4H3,(H,20,21). The molecule has 0 bridgehead atoms. The van der Waals surface area contributed by atoms with Gasteiger partial charge in [0, 0.05) is 40.4 Å². The Morgan fingerprint density at radius 1 is 1.26 bits per heavy atom. The molecule has 134 valence electrons. The van der Waals surface area contributed by atoms with Crippen molar-refractivity contribution in [1.82, 2.24) is 10.2 Å². The summed E-state index contributed by atoms with van der Waals surface area (Å²) >= 11 is 0. The van der Waals surface area contributed by atoms with E-state index in [9.17, 15) is 0 Å². The van der Waals surface area contributed by atoms with Gasteiger partial charge in [-0.1, -0.05) is 19.8 Å². The smallest absolute Gasteiger partial charge is 0.193 e. The molecule has 0 saturated heterocycles. The summed E-state index contributed by atoms with van der Waals surface area (Å²) in [5, 5.41) is 3.48. The Morgan fingerprint density at radius 3 is 2.52 bits per heavy atom. The fourth-order valence-corrected chi connectivity index (χ4v) is 3.68. The molecule has 1 N–H and O–H groups in total. The van der Waals surface area contributed by atoms with Crippen LogP contribution in [-0.2, 0) is 4.74 Å². The fourth-order valence-electron chi connectivity index (χ4n) is 3.68. The number of hydrogen-bond donors (Lipinski definition) is 1. The Hall–Kier alpha value is -0.770. The molecule has 0 aromatic rings. The summed E-state index contributed by atoms with van der Waals surface area (Å²) in [6, 6.07) is 0. The Balaban J connectivity index is 1.85. The van der Waals surface area contributed by atoms with Gasteiger partial charge in [-0.25, -0.2) is 0 Å². The number of hydrogen-bond acceptors (Lipinski definition) is 2. The van der Waals surface area contributed by atoms with Crippen LogP contribution in [0.15, 0.2) is 4.99 Å². The van der Waals surface area contributed by atoms with E-state index >= 15 is 0 Å². The topological polar surface area (TPSA) is 36.9 Å². The molecule has 0 radical (unpaired) electrons. The molecule has 0 aromatic heterocycles. The predicted molar refractivity (Wildman–Crippen MR) is 97.9 cm³/mol. The second-order valence-corrected chi connectivity index (χ2v) is 7.92. The molecule has 0 atom stereocenters. The second-order valence-electron chi connectivity index (χ2n) is 7.92. The molecule has 4 nitrogen and oxygen atoms in total. The Bertz CT molecular complexity index is 371. The average Bonchev–Trinajstić information content (AvgIpc) is 3.32. The fraction of sp³-hybridized carbons (Fsp3) is 0.947. The van der Waals surface area contributed by atoms with Crippen molar-refractivity contribution in [3.63, 3.8) is 0 Å². The van der Waals surface area contributed by atoms with Gasteiger partial charge in [-0.05, 0) is 56.3 Å². The second kappa shape index (κ2) is 8.91. The molecule has 4 heteroatoms. The summed E-state index contributed by atoms with van der Waals surface area (Å²) in [4.78, 5) is 7.31. The van der Waals surface area contributed by atoms with E-state index in [1.54, 1.807) is 7.11 Å². The van der Waals surface area contributed by atoms with Crippen LogP contribution in [0.5, 0.6) is 0 Å². The zero-order valence-corrected chi connectivity index (χ0v) is 15.7. The predicted octanol–water partition coefficient (Wildman–Crippen LogP) is 3.53. The van der Waals surface area contributed by atoms with Gasteiger partial charge in [0.1, 0.15) is 0 Å². The normalized spacial score (nSPS) is 26.9. The van der Waals surface area contributed by atoms with Crippen LogP contribution in [0.25, 0.3) is 0 Å². The van der Waals surface area contributed by atoms with Crippen LogP contribution in [0, 0.1) is 17.3 Å². The lowest BCUT2D eigenvalue weighted by molar-refractivity contribution is 0.174. The summed E-state index contributed by atoms with van der Waals surface area (Å²) in [5.41, 5.74) is 0.428. The van der Waals surface area contributed by atoms with Gasteiger partial charge in [-0.3, -0.25) is 4.99 Å². The van der Waals surface area contributed by atoms with E-state index in [0.717, 1.165) is 50.5 Å². The Kier molecular flexibility index (Phi) is 7.19. The molecule has 0 spiro atoms. The first-order valence-corrected chi connectivity index (χ1v) is 9.57. The molecule has 0 aromatic carbocycles.